The van der Waals surface area contributed by atoms with Crippen LogP contribution in [0.25, 0.3) is 0 Å². The number of hydrogen-bond donors (Lipinski definition) is 1. The Bertz CT molecular complexity index is 1200. The van der Waals surface area contributed by atoms with Crippen LogP contribution in [-0.4, -0.2) is 49.7 Å². The number of aromatic nitrogens is 1. The number of benzene rings is 1. The molecule has 1 aliphatic heterocycles. The molecule has 0 bridgehead atoms. The molecule has 1 aliphatic carbocycles. The molecular weight excluding hydrogens is 514 g/mol. The number of hydrogen-bond acceptors (Lipinski definition) is 6. The third kappa shape index (κ3) is 8.13. The lowest BCUT2D eigenvalue weighted by Crippen LogP contribution is -2.38. The van der Waals surface area contributed by atoms with E-state index in [1.54, 1.807) is 4.72 Å². The minimum absolute atomic E-state index is 0. The summed E-state index contributed by atoms with van der Waals surface area (Å²) in [4.78, 5) is 18.1. The van der Waals surface area contributed by atoms with Gasteiger partial charge in [-0.05, 0) is 60.9 Å². The summed E-state index contributed by atoms with van der Waals surface area (Å²) in [6.45, 7) is 5.72. The second-order valence-electron chi connectivity index (χ2n) is 8.98. The molecule has 1 saturated heterocycles. The van der Waals surface area contributed by atoms with E-state index in [9.17, 15) is 30.8 Å². The van der Waals surface area contributed by atoms with E-state index in [-0.39, 0.29) is 24.9 Å². The minimum Gasteiger partial charge on any atom is -0.474 e. The molecule has 0 spiro atoms. The van der Waals surface area contributed by atoms with Crippen molar-refractivity contribution in [3.63, 3.8) is 0 Å². The Morgan fingerprint density at radius 3 is 2.32 bits per heavy atom. The number of likely N-dealkylation sites (tertiary alicyclic amines) is 1. The van der Waals surface area contributed by atoms with Crippen LogP contribution in [0.1, 0.15) is 73.9 Å². The van der Waals surface area contributed by atoms with Crippen molar-refractivity contribution in [1.82, 2.24) is 14.6 Å². The topological polar surface area (TPSA) is 88.6 Å². The molecule has 37 heavy (non-hydrogen) atoms. The monoisotopic (exact) mass is 547 g/mol. The highest BCUT2D eigenvalue weighted by atomic mass is 32.2. The Kier molecular flexibility index (Phi) is 9.17. The van der Waals surface area contributed by atoms with Gasteiger partial charge in [0.2, 0.25) is 15.9 Å². The Morgan fingerprint density at radius 2 is 1.81 bits per heavy atom. The number of halogens is 4. The van der Waals surface area contributed by atoms with Gasteiger partial charge in [-0.3, -0.25) is 9.69 Å². The summed E-state index contributed by atoms with van der Waals surface area (Å²) in [6.07, 6.45) is 0.0160. The number of nitrogens with zero attached hydrogens (tertiary/aromatic N) is 2. The Morgan fingerprint density at radius 1 is 1.16 bits per heavy atom. The molecule has 1 amide bonds. The first kappa shape index (κ1) is 28.8. The van der Waals surface area contributed by atoms with Gasteiger partial charge in [-0.15, -0.1) is 0 Å². The molecule has 206 valence electrons. The summed E-state index contributed by atoms with van der Waals surface area (Å²) in [5.74, 6) is -1.43. The standard InChI is InChI=1S/C23H25F4N3O4S.C2H6.H2/c1-35(32,33)29-22(31)19-11-18(14-2-3-14)15(10-20(19)24)13-30-8-6-17(7-9-30)34-21-5-4-16(12-28-21)23(25,26)27;1-2;/h4-5,10-12,14,17H,2-3,6-9,13H2,1H3,(H,29,31);1-2H3;1H. The van der Waals surface area contributed by atoms with Gasteiger partial charge in [-0.25, -0.2) is 22.5 Å². The molecule has 0 atom stereocenters. The van der Waals surface area contributed by atoms with Crippen LogP contribution in [0.5, 0.6) is 5.88 Å². The van der Waals surface area contributed by atoms with Gasteiger partial charge >= 0.3 is 6.18 Å². The van der Waals surface area contributed by atoms with Gasteiger partial charge in [0.15, 0.2) is 0 Å². The van der Waals surface area contributed by atoms with Crippen molar-refractivity contribution in [2.45, 2.75) is 64.3 Å². The van der Waals surface area contributed by atoms with Crippen LogP contribution >= 0.6 is 0 Å². The fraction of sp³-hybridized carbons (Fsp3) is 0.520. The maximum atomic E-state index is 14.7. The van der Waals surface area contributed by atoms with Gasteiger partial charge in [-0.2, -0.15) is 13.2 Å². The average Bonchev–Trinajstić information content (AvgIpc) is 3.66. The molecule has 1 aromatic heterocycles. The number of ether oxygens (including phenoxy) is 1. The Balaban J connectivity index is 0.00000165. The molecule has 0 unspecified atom stereocenters. The van der Waals surface area contributed by atoms with Crippen LogP contribution in [0.3, 0.4) is 0 Å². The van der Waals surface area contributed by atoms with Crippen LogP contribution in [0.2, 0.25) is 0 Å². The quantitative estimate of drug-likeness (QED) is 0.484. The summed E-state index contributed by atoms with van der Waals surface area (Å²) in [5, 5.41) is 0. The van der Waals surface area contributed by atoms with E-state index in [0.29, 0.717) is 32.5 Å². The van der Waals surface area contributed by atoms with Gasteiger partial charge in [-0.1, -0.05) is 13.8 Å². The van der Waals surface area contributed by atoms with Gasteiger partial charge in [0.25, 0.3) is 5.91 Å². The summed E-state index contributed by atoms with van der Waals surface area (Å²) in [6, 6.07) is 4.90. The highest BCUT2D eigenvalue weighted by molar-refractivity contribution is 7.89. The summed E-state index contributed by atoms with van der Waals surface area (Å²) in [5.41, 5.74) is 0.470. The molecule has 12 heteroatoms. The second-order valence-corrected chi connectivity index (χ2v) is 10.7. The van der Waals surface area contributed by atoms with Crippen molar-refractivity contribution in [2.24, 2.45) is 0 Å². The maximum absolute atomic E-state index is 14.7. The molecule has 1 N–H and O–H groups in total. The number of piperidine rings is 1. The van der Waals surface area contributed by atoms with Gasteiger partial charge in [0, 0.05) is 33.3 Å². The number of pyridine rings is 1. The molecule has 2 heterocycles. The lowest BCUT2D eigenvalue weighted by molar-refractivity contribution is -0.137. The van der Waals surface area contributed by atoms with Crippen LogP contribution in [0.4, 0.5) is 17.6 Å². The lowest BCUT2D eigenvalue weighted by Gasteiger charge is -2.32. The van der Waals surface area contributed by atoms with Crippen molar-refractivity contribution in [1.29, 1.82) is 0 Å². The Hall–Kier alpha value is -2.73. The average molecular weight is 548 g/mol. The van der Waals surface area contributed by atoms with Gasteiger partial charge in [0.1, 0.15) is 11.9 Å². The van der Waals surface area contributed by atoms with E-state index in [0.717, 1.165) is 42.5 Å². The first-order valence-corrected chi connectivity index (χ1v) is 14.0. The molecule has 7 nitrogen and oxygen atoms in total. The maximum Gasteiger partial charge on any atom is 0.417 e. The summed E-state index contributed by atoms with van der Waals surface area (Å²) >= 11 is 0. The molecule has 1 aromatic carbocycles. The number of amides is 1. The number of alkyl halides is 3. The fourth-order valence-electron chi connectivity index (χ4n) is 4.15. The van der Waals surface area contributed by atoms with Crippen molar-refractivity contribution < 1.29 is 36.9 Å². The number of rotatable bonds is 7. The SMILES string of the molecule is CC.CS(=O)(=O)NC(=O)c1cc(C2CC2)c(CN2CCC(Oc3ccc(C(F)(F)F)cn3)CC2)cc1F.[HH]. The summed E-state index contributed by atoms with van der Waals surface area (Å²) in [7, 11) is -3.82. The van der Waals surface area contributed by atoms with Crippen LogP contribution in [-0.2, 0) is 22.7 Å². The smallest absolute Gasteiger partial charge is 0.417 e. The predicted molar refractivity (Wildman–Crippen MR) is 132 cm³/mol. The highest BCUT2D eigenvalue weighted by Gasteiger charge is 2.32. The third-order valence-electron chi connectivity index (χ3n) is 6.05. The van der Waals surface area contributed by atoms with Crippen LogP contribution < -0.4 is 9.46 Å². The van der Waals surface area contributed by atoms with Crippen molar-refractivity contribution in [2.75, 3.05) is 19.3 Å². The largest absolute Gasteiger partial charge is 0.474 e. The van der Waals surface area contributed by atoms with E-state index < -0.39 is 33.5 Å². The molecule has 0 radical (unpaired) electrons. The Labute approximate surface area is 215 Å². The zero-order chi connectivity index (χ0) is 27.4. The van der Waals surface area contributed by atoms with Gasteiger partial charge in [0.05, 0.1) is 17.4 Å². The second kappa shape index (κ2) is 11.8. The zero-order valence-corrected chi connectivity index (χ0v) is 21.8. The zero-order valence-electron chi connectivity index (χ0n) is 20.9. The highest BCUT2D eigenvalue weighted by Crippen LogP contribution is 2.43. The van der Waals surface area contributed by atoms with Crippen molar-refractivity contribution in [3.05, 3.63) is 58.5 Å². The number of nitrogens with one attached hydrogen (secondary N) is 1. The third-order valence-corrected chi connectivity index (χ3v) is 6.60. The van der Waals surface area contributed by atoms with Crippen LogP contribution in [0.15, 0.2) is 30.5 Å². The van der Waals surface area contributed by atoms with E-state index in [1.807, 2.05) is 13.8 Å². The van der Waals surface area contributed by atoms with E-state index in [1.165, 1.54) is 18.2 Å². The van der Waals surface area contributed by atoms with Crippen LogP contribution in [0, 0.1) is 5.82 Å². The van der Waals surface area contributed by atoms with Crippen molar-refractivity contribution in [3.8, 4) is 5.88 Å². The lowest BCUT2D eigenvalue weighted by atomic mass is 9.97. The number of carbonyl (C=O) groups excluding carboxylic acids is 1. The molecular formula is C25H33F4N3O4S. The van der Waals surface area contributed by atoms with E-state index >= 15 is 0 Å². The molecule has 4 rings (SSSR count). The molecule has 2 fully saturated rings. The molecule has 2 aromatic rings. The van der Waals surface area contributed by atoms with Crippen molar-refractivity contribution >= 4 is 15.9 Å². The predicted octanol–water partition coefficient (Wildman–Crippen LogP) is 5.12. The number of sulfonamides is 1. The first-order valence-electron chi connectivity index (χ1n) is 12.2. The van der Waals surface area contributed by atoms with Gasteiger partial charge < -0.3 is 4.74 Å². The molecule has 1 saturated carbocycles. The number of carbonyl (C=O) groups is 1. The van der Waals surface area contributed by atoms with E-state index in [4.69, 9.17) is 4.74 Å². The normalized spacial score (nSPS) is 17.1. The first-order chi connectivity index (χ1) is 17.4. The fourth-order valence-corrected chi connectivity index (χ4v) is 4.60. The van der Waals surface area contributed by atoms with E-state index in [2.05, 4.69) is 9.88 Å². The summed E-state index contributed by atoms with van der Waals surface area (Å²) < 4.78 is 83.0. The minimum atomic E-state index is -4.45. The molecule has 2 aliphatic rings.